The van der Waals surface area contributed by atoms with Crippen molar-refractivity contribution in [3.05, 3.63) is 0 Å². The molecular formula is C11H25N. The van der Waals surface area contributed by atoms with Crippen LogP contribution in [0.25, 0.3) is 0 Å². The Balaban J connectivity index is 0.000000561. The van der Waals surface area contributed by atoms with E-state index in [0.717, 1.165) is 6.04 Å². The summed E-state index contributed by atoms with van der Waals surface area (Å²) in [6.45, 7) is 14.6. The van der Waals surface area contributed by atoms with Gasteiger partial charge in [0.25, 0.3) is 0 Å². The standard InChI is InChI=1S/C9H19N.C2H6/c1-8(2)10-7-5-6-9(10,3)4;1-2/h8H,5-7H2,1-4H3;1-2H3. The van der Waals surface area contributed by atoms with Crippen LogP contribution < -0.4 is 0 Å². The van der Waals surface area contributed by atoms with Crippen LogP contribution in [0.5, 0.6) is 0 Å². The molecule has 12 heavy (non-hydrogen) atoms. The number of hydrogen-bond donors (Lipinski definition) is 0. The van der Waals surface area contributed by atoms with Crippen molar-refractivity contribution in [2.24, 2.45) is 0 Å². The van der Waals surface area contributed by atoms with E-state index in [-0.39, 0.29) is 0 Å². The maximum Gasteiger partial charge on any atom is 0.0156 e. The summed E-state index contributed by atoms with van der Waals surface area (Å²) in [5.74, 6) is 0. The molecule has 1 saturated heterocycles. The second-order valence-corrected chi connectivity index (χ2v) is 4.20. The van der Waals surface area contributed by atoms with Gasteiger partial charge in [-0.15, -0.1) is 0 Å². The van der Waals surface area contributed by atoms with Crippen LogP contribution in [-0.4, -0.2) is 23.0 Å². The van der Waals surface area contributed by atoms with Crippen LogP contribution in [0, 0.1) is 0 Å². The lowest BCUT2D eigenvalue weighted by atomic mass is 10.0. The Bertz CT molecular complexity index is 116. The van der Waals surface area contributed by atoms with Gasteiger partial charge in [0, 0.05) is 11.6 Å². The van der Waals surface area contributed by atoms with Crippen molar-refractivity contribution >= 4 is 0 Å². The largest absolute Gasteiger partial charge is 0.296 e. The molecule has 0 amide bonds. The monoisotopic (exact) mass is 171 g/mol. The normalized spacial score (nSPS) is 22.2. The van der Waals surface area contributed by atoms with Crippen LogP contribution in [0.4, 0.5) is 0 Å². The van der Waals surface area contributed by atoms with Gasteiger partial charge in [0.1, 0.15) is 0 Å². The van der Waals surface area contributed by atoms with Gasteiger partial charge in [-0.3, -0.25) is 4.90 Å². The molecule has 0 aliphatic carbocycles. The van der Waals surface area contributed by atoms with Crippen molar-refractivity contribution in [2.75, 3.05) is 6.54 Å². The molecule has 0 spiro atoms. The highest BCUT2D eigenvalue weighted by Gasteiger charge is 2.32. The van der Waals surface area contributed by atoms with Crippen LogP contribution in [0.2, 0.25) is 0 Å². The molecule has 1 rings (SSSR count). The van der Waals surface area contributed by atoms with Gasteiger partial charge >= 0.3 is 0 Å². The Labute approximate surface area is 78.1 Å². The molecule has 0 N–H and O–H groups in total. The van der Waals surface area contributed by atoms with Crippen molar-refractivity contribution < 1.29 is 0 Å². The highest BCUT2D eigenvalue weighted by molar-refractivity contribution is 4.89. The van der Waals surface area contributed by atoms with Gasteiger partial charge in [-0.1, -0.05) is 13.8 Å². The predicted molar refractivity (Wildman–Crippen MR) is 56.5 cm³/mol. The van der Waals surface area contributed by atoms with Crippen LogP contribution >= 0.6 is 0 Å². The zero-order valence-corrected chi connectivity index (χ0v) is 9.65. The first-order valence-corrected chi connectivity index (χ1v) is 5.31. The molecule has 74 valence electrons. The number of hydrogen-bond acceptors (Lipinski definition) is 1. The van der Waals surface area contributed by atoms with Gasteiger partial charge in [-0.05, 0) is 47.1 Å². The third kappa shape index (κ3) is 2.78. The second kappa shape index (κ2) is 4.86. The summed E-state index contributed by atoms with van der Waals surface area (Å²) in [5, 5.41) is 0. The fourth-order valence-corrected chi connectivity index (χ4v) is 2.09. The maximum atomic E-state index is 2.59. The van der Waals surface area contributed by atoms with Crippen LogP contribution in [-0.2, 0) is 0 Å². The molecule has 1 aliphatic heterocycles. The molecule has 1 aliphatic rings. The average molecular weight is 171 g/mol. The van der Waals surface area contributed by atoms with Crippen molar-refractivity contribution in [1.29, 1.82) is 0 Å². The molecule has 0 radical (unpaired) electrons. The van der Waals surface area contributed by atoms with E-state index in [0.29, 0.717) is 5.54 Å². The summed E-state index contributed by atoms with van der Waals surface area (Å²) < 4.78 is 0. The zero-order chi connectivity index (χ0) is 9.78. The Kier molecular flexibility index (Phi) is 4.84. The van der Waals surface area contributed by atoms with E-state index in [1.54, 1.807) is 0 Å². The van der Waals surface area contributed by atoms with E-state index in [9.17, 15) is 0 Å². The summed E-state index contributed by atoms with van der Waals surface area (Å²) in [4.78, 5) is 2.59. The summed E-state index contributed by atoms with van der Waals surface area (Å²) in [6, 6.07) is 0.720. The maximum absolute atomic E-state index is 2.59. The Morgan fingerprint density at radius 2 is 1.67 bits per heavy atom. The quantitative estimate of drug-likeness (QED) is 0.585. The molecule has 0 saturated carbocycles. The topological polar surface area (TPSA) is 3.24 Å². The molecule has 1 fully saturated rings. The minimum atomic E-state index is 0.466. The fraction of sp³-hybridized carbons (Fsp3) is 1.00. The van der Waals surface area contributed by atoms with Gasteiger partial charge in [0.05, 0.1) is 0 Å². The van der Waals surface area contributed by atoms with E-state index in [1.165, 1.54) is 19.4 Å². The Hall–Kier alpha value is -0.0400. The first-order valence-electron chi connectivity index (χ1n) is 5.31. The van der Waals surface area contributed by atoms with Crippen molar-refractivity contribution in [3.63, 3.8) is 0 Å². The molecule has 0 unspecified atom stereocenters. The van der Waals surface area contributed by atoms with E-state index in [1.807, 2.05) is 13.8 Å². The summed E-state index contributed by atoms with van der Waals surface area (Å²) >= 11 is 0. The van der Waals surface area contributed by atoms with Crippen molar-refractivity contribution in [2.45, 2.75) is 66.0 Å². The number of rotatable bonds is 1. The lowest BCUT2D eigenvalue weighted by Crippen LogP contribution is -2.42. The molecule has 0 atom stereocenters. The first-order chi connectivity index (χ1) is 5.54. The molecule has 1 heteroatoms. The van der Waals surface area contributed by atoms with Crippen LogP contribution in [0.3, 0.4) is 0 Å². The molecule has 1 nitrogen and oxygen atoms in total. The highest BCUT2D eigenvalue weighted by Crippen LogP contribution is 2.29. The fourth-order valence-electron chi connectivity index (χ4n) is 2.09. The van der Waals surface area contributed by atoms with Gasteiger partial charge in [0.2, 0.25) is 0 Å². The lowest BCUT2D eigenvalue weighted by Gasteiger charge is -2.34. The average Bonchev–Trinajstić information content (AvgIpc) is 2.33. The highest BCUT2D eigenvalue weighted by atomic mass is 15.2. The zero-order valence-electron chi connectivity index (χ0n) is 9.65. The molecule has 0 bridgehead atoms. The molecule has 0 aromatic carbocycles. The van der Waals surface area contributed by atoms with E-state index < -0.39 is 0 Å². The van der Waals surface area contributed by atoms with Crippen LogP contribution in [0.15, 0.2) is 0 Å². The first kappa shape index (κ1) is 12.0. The summed E-state index contributed by atoms with van der Waals surface area (Å²) in [7, 11) is 0. The van der Waals surface area contributed by atoms with Crippen LogP contribution in [0.1, 0.15) is 54.4 Å². The van der Waals surface area contributed by atoms with E-state index in [4.69, 9.17) is 0 Å². The minimum Gasteiger partial charge on any atom is -0.296 e. The molecule has 1 heterocycles. The van der Waals surface area contributed by atoms with Gasteiger partial charge in [-0.2, -0.15) is 0 Å². The van der Waals surface area contributed by atoms with Gasteiger partial charge in [-0.25, -0.2) is 0 Å². The number of nitrogens with zero attached hydrogens (tertiary/aromatic N) is 1. The summed E-state index contributed by atoms with van der Waals surface area (Å²) in [6.07, 6.45) is 2.75. The van der Waals surface area contributed by atoms with E-state index in [2.05, 4.69) is 32.6 Å². The predicted octanol–water partition coefficient (Wildman–Crippen LogP) is 3.30. The minimum absolute atomic E-state index is 0.466. The number of likely N-dealkylation sites (tertiary alicyclic amines) is 1. The Morgan fingerprint density at radius 1 is 1.17 bits per heavy atom. The second-order valence-electron chi connectivity index (χ2n) is 4.20. The third-order valence-electron chi connectivity index (χ3n) is 2.59. The Morgan fingerprint density at radius 3 is 1.83 bits per heavy atom. The van der Waals surface area contributed by atoms with Crippen molar-refractivity contribution in [3.8, 4) is 0 Å². The van der Waals surface area contributed by atoms with Crippen molar-refractivity contribution in [1.82, 2.24) is 4.90 Å². The molecule has 0 aromatic heterocycles. The van der Waals surface area contributed by atoms with E-state index >= 15 is 0 Å². The third-order valence-corrected chi connectivity index (χ3v) is 2.59. The van der Waals surface area contributed by atoms with Gasteiger partial charge < -0.3 is 0 Å². The summed E-state index contributed by atoms with van der Waals surface area (Å²) in [5.41, 5.74) is 0.466. The lowest BCUT2D eigenvalue weighted by molar-refractivity contribution is 0.135. The smallest absolute Gasteiger partial charge is 0.0156 e. The molecular weight excluding hydrogens is 146 g/mol. The molecule has 0 aromatic rings. The van der Waals surface area contributed by atoms with Gasteiger partial charge in [0.15, 0.2) is 0 Å². The SMILES string of the molecule is CC.CC(C)N1CCCC1(C)C.